The zero-order valence-corrected chi connectivity index (χ0v) is 30.2. The fourth-order valence-electron chi connectivity index (χ4n) is 4.25. The van der Waals surface area contributed by atoms with Gasteiger partial charge in [0, 0.05) is 30.8 Å². The molecular weight excluding hydrogens is 783 g/mol. The molecule has 1 fully saturated rings. The molecule has 0 bridgehead atoms. The van der Waals surface area contributed by atoms with Crippen LogP contribution >= 0.6 is 23.5 Å². The van der Waals surface area contributed by atoms with Gasteiger partial charge in [-0.2, -0.15) is 8.62 Å². The summed E-state index contributed by atoms with van der Waals surface area (Å²) in [6.45, 7) is 0.871. The molecule has 27 nitrogen and oxygen atoms in total. The van der Waals surface area contributed by atoms with E-state index in [1.165, 1.54) is 10.9 Å². The molecule has 0 aliphatic carbocycles. The summed E-state index contributed by atoms with van der Waals surface area (Å²) in [6, 6.07) is 0. The summed E-state index contributed by atoms with van der Waals surface area (Å²) in [4.78, 5) is 67.6. The van der Waals surface area contributed by atoms with E-state index in [9.17, 15) is 48.2 Å². The molecule has 5 unspecified atom stereocenters. The summed E-state index contributed by atoms with van der Waals surface area (Å²) in [6.07, 6.45) is -5.04. The number of rotatable bonds is 25. The fourth-order valence-corrected chi connectivity index (χ4v) is 7.73. The average molecular weight is 822 g/mol. The Morgan fingerprint density at radius 2 is 1.60 bits per heavy atom. The molecule has 1 aliphatic rings. The van der Waals surface area contributed by atoms with Gasteiger partial charge in [-0.15, -0.1) is 0 Å². The Labute approximate surface area is 299 Å². The number of fused-ring (bicyclic) bond motifs is 1. The largest absolute Gasteiger partial charge is 0.538 e. The van der Waals surface area contributed by atoms with Crippen LogP contribution in [0.25, 0.3) is 21.6 Å². The second-order valence-electron chi connectivity index (χ2n) is 10.5. The van der Waals surface area contributed by atoms with Gasteiger partial charge in [0.25, 0.3) is 0 Å². The molecule has 2 aromatic rings. The minimum Gasteiger partial charge on any atom is -0.387 e. The molecule has 30 heteroatoms. The highest BCUT2D eigenvalue weighted by molar-refractivity contribution is 7.67. The number of anilines is 1. The second-order valence-corrected chi connectivity index (χ2v) is 15.0. The molecule has 2 aromatic heterocycles. The van der Waals surface area contributed by atoms with Crippen LogP contribution in [0.15, 0.2) is 17.8 Å². The number of phosphoric acid groups is 3. The monoisotopic (exact) mass is 821 g/mol. The number of aliphatic hydroxyl groups excluding tert-OH is 2. The Bertz CT molecular complexity index is 1710. The predicted molar refractivity (Wildman–Crippen MR) is 173 cm³/mol. The number of phosphoric ester groups is 2. The number of nitrogens with zero attached hydrogens (tertiary/aromatic N) is 7. The van der Waals surface area contributed by atoms with E-state index < -0.39 is 72.9 Å². The molecule has 0 aromatic carbocycles. The SMILES string of the molecule is [N-]=[N+]=NCCOCCOCCOCCNC(=O)CCCC(=O)OP(=O)(O)OP(=O)(O)OP(=O)(O)OC[C@H]1O[C@@H](n2cnc3c(N)ncnc32)C(O)C1O. The third-order valence-corrected chi connectivity index (χ3v) is 10.7. The summed E-state index contributed by atoms with van der Waals surface area (Å²) in [7, 11) is -17.3. The first kappa shape index (κ1) is 44.2. The number of imidazole rings is 1. The van der Waals surface area contributed by atoms with Crippen molar-refractivity contribution in [2.24, 2.45) is 5.11 Å². The molecule has 3 rings (SSSR count). The summed E-state index contributed by atoms with van der Waals surface area (Å²) in [5.41, 5.74) is 14.1. The molecule has 1 aliphatic heterocycles. The lowest BCUT2D eigenvalue weighted by Gasteiger charge is -2.20. The summed E-state index contributed by atoms with van der Waals surface area (Å²) in [5, 5.41) is 26.7. The molecule has 8 N–H and O–H groups in total. The standard InChI is InChI=1S/C23H38N9O18P3/c24-21-18-22(28-13-27-21)32(14-29-18)23-20(36)19(35)15(47-23)12-46-51(37,38)49-53(41,42)50-52(39,40)48-17(34)3-1-2-16(33)26-4-6-43-8-10-45-11-9-44-7-5-30-31-25/h13-15,19-20,23,35-36H,1-12H2,(H,26,33)(H,37,38)(H,39,40)(H,41,42)(H2,24,27,28)/t15-,19?,20?,23-/m1/s1. The third kappa shape index (κ3) is 15.2. The first-order valence-corrected chi connectivity index (χ1v) is 19.8. The van der Waals surface area contributed by atoms with Crippen molar-refractivity contribution in [3.05, 3.63) is 23.1 Å². The summed E-state index contributed by atoms with van der Waals surface area (Å²) < 4.78 is 75.6. The minimum absolute atomic E-state index is 0.0111. The Morgan fingerprint density at radius 1 is 0.943 bits per heavy atom. The smallest absolute Gasteiger partial charge is 0.387 e. The number of nitrogens with one attached hydrogen (secondary N) is 1. The van der Waals surface area contributed by atoms with Crippen LogP contribution in [0, 0.1) is 0 Å². The van der Waals surface area contributed by atoms with Crippen LogP contribution in [0.3, 0.4) is 0 Å². The van der Waals surface area contributed by atoms with Crippen molar-refractivity contribution in [1.29, 1.82) is 0 Å². The molecule has 1 saturated heterocycles. The van der Waals surface area contributed by atoms with Crippen LogP contribution in [-0.2, 0) is 59.9 Å². The lowest BCUT2D eigenvalue weighted by molar-refractivity contribution is -0.135. The topological polar surface area (TPSA) is 391 Å². The zero-order chi connectivity index (χ0) is 39.1. The van der Waals surface area contributed by atoms with Gasteiger partial charge >= 0.3 is 29.4 Å². The maximum atomic E-state index is 12.3. The van der Waals surface area contributed by atoms with Gasteiger partial charge in [-0.3, -0.25) is 23.6 Å². The zero-order valence-electron chi connectivity index (χ0n) is 27.5. The number of amides is 1. The Hall–Kier alpha value is -3.19. The molecule has 298 valence electrons. The fraction of sp³-hybridized carbons (Fsp3) is 0.696. The normalized spacial score (nSPS) is 22.0. The van der Waals surface area contributed by atoms with Crippen molar-refractivity contribution in [1.82, 2.24) is 24.8 Å². The number of hydrogen-bond donors (Lipinski definition) is 7. The van der Waals surface area contributed by atoms with Crippen molar-refractivity contribution in [3.63, 3.8) is 0 Å². The molecule has 1 amide bonds. The van der Waals surface area contributed by atoms with E-state index >= 15 is 0 Å². The number of nitrogen functional groups attached to an aromatic ring is 1. The molecular formula is C23H38N9O18P3. The van der Waals surface area contributed by atoms with Gasteiger partial charge in [0.15, 0.2) is 17.7 Å². The summed E-state index contributed by atoms with van der Waals surface area (Å²) in [5.74, 6) is -1.92. The van der Waals surface area contributed by atoms with Crippen LogP contribution in [0.5, 0.6) is 0 Å². The third-order valence-electron chi connectivity index (χ3n) is 6.53. The molecule has 3 heterocycles. The Morgan fingerprint density at radius 3 is 2.30 bits per heavy atom. The van der Waals surface area contributed by atoms with Gasteiger partial charge in [-0.25, -0.2) is 28.6 Å². The van der Waals surface area contributed by atoms with Crippen LogP contribution in [0.1, 0.15) is 25.5 Å². The lowest BCUT2D eigenvalue weighted by Crippen LogP contribution is -2.33. The Kier molecular flexibility index (Phi) is 17.6. The van der Waals surface area contributed by atoms with Crippen molar-refractivity contribution >= 4 is 52.3 Å². The predicted octanol–water partition coefficient (Wildman–Crippen LogP) is -0.431. The van der Waals surface area contributed by atoms with Gasteiger partial charge in [-0.1, -0.05) is 5.11 Å². The average Bonchev–Trinajstić information content (AvgIpc) is 3.61. The van der Waals surface area contributed by atoms with E-state index in [2.05, 4.69) is 48.0 Å². The van der Waals surface area contributed by atoms with E-state index in [0.29, 0.717) is 13.2 Å². The van der Waals surface area contributed by atoms with Gasteiger partial charge in [0.05, 0.1) is 52.6 Å². The second kappa shape index (κ2) is 21.0. The molecule has 0 saturated carbocycles. The van der Waals surface area contributed by atoms with Crippen molar-refractivity contribution in [2.75, 3.05) is 65.1 Å². The first-order chi connectivity index (χ1) is 25.0. The lowest BCUT2D eigenvalue weighted by atomic mass is 10.1. The Balaban J connectivity index is 1.31. The van der Waals surface area contributed by atoms with Crippen LogP contribution in [-0.4, -0.2) is 134 Å². The van der Waals surface area contributed by atoms with E-state index in [0.717, 1.165) is 6.33 Å². The van der Waals surface area contributed by atoms with Gasteiger partial charge < -0.3 is 54.5 Å². The number of azide groups is 1. The number of aliphatic hydroxyl groups is 2. The number of carbonyl (C=O) groups excluding carboxylic acids is 2. The van der Waals surface area contributed by atoms with Crippen molar-refractivity contribution in [2.45, 2.75) is 43.8 Å². The van der Waals surface area contributed by atoms with Crippen LogP contribution < -0.4 is 11.1 Å². The van der Waals surface area contributed by atoms with Crippen LogP contribution in [0.4, 0.5) is 5.82 Å². The van der Waals surface area contributed by atoms with E-state index in [4.69, 9.17) is 30.2 Å². The highest BCUT2D eigenvalue weighted by atomic mass is 31.3. The van der Waals surface area contributed by atoms with E-state index in [-0.39, 0.29) is 69.3 Å². The van der Waals surface area contributed by atoms with Crippen LogP contribution in [0.2, 0.25) is 0 Å². The number of nitrogens with two attached hydrogens (primary N) is 1. The number of aromatic nitrogens is 4. The number of ether oxygens (including phenoxy) is 4. The first-order valence-electron chi connectivity index (χ1n) is 15.3. The number of hydrogen-bond acceptors (Lipinski definition) is 20. The molecule has 0 spiro atoms. The highest BCUT2D eigenvalue weighted by Crippen LogP contribution is 2.67. The quantitative estimate of drug-likeness (QED) is 0.0219. The van der Waals surface area contributed by atoms with Crippen molar-refractivity contribution < 1.29 is 84.8 Å². The van der Waals surface area contributed by atoms with Gasteiger partial charge in [0.1, 0.15) is 30.2 Å². The molecule has 53 heavy (non-hydrogen) atoms. The number of carbonyl (C=O) groups is 2. The van der Waals surface area contributed by atoms with Crippen molar-refractivity contribution in [3.8, 4) is 0 Å². The van der Waals surface area contributed by atoms with Gasteiger partial charge in [0.2, 0.25) is 5.91 Å². The van der Waals surface area contributed by atoms with Gasteiger partial charge in [-0.05, 0) is 12.0 Å². The molecule has 0 radical (unpaired) electrons. The molecule has 7 atom stereocenters. The maximum absolute atomic E-state index is 12.3. The highest BCUT2D eigenvalue weighted by Gasteiger charge is 2.47. The van der Waals surface area contributed by atoms with E-state index in [1.807, 2.05) is 0 Å². The maximum Gasteiger partial charge on any atom is 0.538 e. The van der Waals surface area contributed by atoms with E-state index in [1.54, 1.807) is 0 Å². The summed E-state index contributed by atoms with van der Waals surface area (Å²) >= 11 is 0. The minimum atomic E-state index is -5.96.